The van der Waals surface area contributed by atoms with Gasteiger partial charge in [0, 0.05) is 31.1 Å². The standard InChI is InChI=1S/C19H19ClF3N5/c20-18-17-16(24-11-25-18)14-6-12(2-3-15(14)28(17)10-19(21,22)23)7-26-8-13(9-26)27-4-1-5-27/h2-3,6,11,13H,1,4-5,7-10H2. The van der Waals surface area contributed by atoms with E-state index in [-0.39, 0.29) is 10.7 Å². The summed E-state index contributed by atoms with van der Waals surface area (Å²) in [6.07, 6.45) is -1.78. The number of hydrogen-bond donors (Lipinski definition) is 0. The summed E-state index contributed by atoms with van der Waals surface area (Å²) in [5.41, 5.74) is 2.23. The Morgan fingerprint density at radius 1 is 1.14 bits per heavy atom. The molecule has 2 aromatic heterocycles. The number of halogens is 4. The molecule has 0 amide bonds. The fourth-order valence-corrected chi connectivity index (χ4v) is 4.47. The molecule has 0 bridgehead atoms. The summed E-state index contributed by atoms with van der Waals surface area (Å²) in [4.78, 5) is 13.0. The second-order valence-corrected chi connectivity index (χ2v) is 8.01. The van der Waals surface area contributed by atoms with Gasteiger partial charge in [0.2, 0.25) is 0 Å². The number of nitrogens with zero attached hydrogens (tertiary/aromatic N) is 5. The number of aromatic nitrogens is 3. The number of fused-ring (bicyclic) bond motifs is 3. The van der Waals surface area contributed by atoms with Gasteiger partial charge in [0.15, 0.2) is 5.15 Å². The van der Waals surface area contributed by atoms with Gasteiger partial charge in [-0.2, -0.15) is 13.2 Å². The molecule has 2 fully saturated rings. The highest BCUT2D eigenvalue weighted by Crippen LogP contribution is 2.34. The average molecular weight is 410 g/mol. The molecule has 28 heavy (non-hydrogen) atoms. The molecule has 0 radical (unpaired) electrons. The van der Waals surface area contributed by atoms with Gasteiger partial charge < -0.3 is 4.57 Å². The minimum absolute atomic E-state index is 0.0344. The van der Waals surface area contributed by atoms with Gasteiger partial charge >= 0.3 is 6.18 Å². The Balaban J connectivity index is 1.47. The van der Waals surface area contributed by atoms with E-state index in [9.17, 15) is 13.2 Å². The average Bonchev–Trinajstić information content (AvgIpc) is 2.84. The van der Waals surface area contributed by atoms with Crippen molar-refractivity contribution < 1.29 is 13.2 Å². The van der Waals surface area contributed by atoms with Crippen molar-refractivity contribution in [3.63, 3.8) is 0 Å². The van der Waals surface area contributed by atoms with E-state index in [1.54, 1.807) is 6.07 Å². The molecule has 3 aromatic rings. The van der Waals surface area contributed by atoms with Crippen LogP contribution in [0.15, 0.2) is 24.5 Å². The Bertz CT molecular complexity index is 1040. The Morgan fingerprint density at radius 3 is 2.61 bits per heavy atom. The Morgan fingerprint density at radius 2 is 1.93 bits per heavy atom. The quantitative estimate of drug-likeness (QED) is 0.616. The zero-order valence-corrected chi connectivity index (χ0v) is 15.8. The lowest BCUT2D eigenvalue weighted by Gasteiger charge is -2.49. The van der Waals surface area contributed by atoms with Crippen molar-refractivity contribution in [3.05, 3.63) is 35.2 Å². The summed E-state index contributed by atoms with van der Waals surface area (Å²) < 4.78 is 40.6. The van der Waals surface area contributed by atoms with Crippen molar-refractivity contribution >= 4 is 33.5 Å². The fraction of sp³-hybridized carbons (Fsp3) is 0.474. The number of alkyl halides is 3. The Hall–Kier alpha value is -1.90. The van der Waals surface area contributed by atoms with E-state index < -0.39 is 12.7 Å². The smallest absolute Gasteiger partial charge is 0.327 e. The Labute approximate surface area is 164 Å². The van der Waals surface area contributed by atoms with Gasteiger partial charge in [-0.1, -0.05) is 17.7 Å². The summed E-state index contributed by atoms with van der Waals surface area (Å²) in [5.74, 6) is 0. The first kappa shape index (κ1) is 18.1. The summed E-state index contributed by atoms with van der Waals surface area (Å²) in [6, 6.07) is 6.22. The highest BCUT2D eigenvalue weighted by molar-refractivity contribution is 6.34. The van der Waals surface area contributed by atoms with Crippen LogP contribution < -0.4 is 0 Å². The lowest BCUT2D eigenvalue weighted by Crippen LogP contribution is -2.62. The maximum absolute atomic E-state index is 13.1. The molecule has 5 rings (SSSR count). The molecule has 0 unspecified atom stereocenters. The predicted molar refractivity (Wildman–Crippen MR) is 101 cm³/mol. The molecule has 5 nitrogen and oxygen atoms in total. The number of rotatable bonds is 4. The second kappa shape index (κ2) is 6.57. The monoisotopic (exact) mass is 409 g/mol. The molecular weight excluding hydrogens is 391 g/mol. The summed E-state index contributed by atoms with van der Waals surface area (Å²) >= 11 is 6.13. The molecule has 148 valence electrons. The largest absolute Gasteiger partial charge is 0.406 e. The highest BCUT2D eigenvalue weighted by atomic mass is 35.5. The molecular formula is C19H19ClF3N5. The molecule has 4 heterocycles. The van der Waals surface area contributed by atoms with Gasteiger partial charge in [0.1, 0.15) is 23.9 Å². The summed E-state index contributed by atoms with van der Waals surface area (Å²) in [7, 11) is 0. The minimum atomic E-state index is -4.36. The van der Waals surface area contributed by atoms with Gasteiger partial charge in [-0.25, -0.2) is 9.97 Å². The van der Waals surface area contributed by atoms with Gasteiger partial charge in [-0.05, 0) is 37.2 Å². The van der Waals surface area contributed by atoms with E-state index in [1.807, 2.05) is 12.1 Å². The van der Waals surface area contributed by atoms with Crippen LogP contribution in [0.2, 0.25) is 5.15 Å². The molecule has 0 spiro atoms. The number of likely N-dealkylation sites (tertiary alicyclic amines) is 2. The van der Waals surface area contributed by atoms with Crippen LogP contribution in [0.25, 0.3) is 21.9 Å². The lowest BCUT2D eigenvalue weighted by atomic mass is 10.0. The van der Waals surface area contributed by atoms with E-state index in [0.29, 0.717) is 22.5 Å². The van der Waals surface area contributed by atoms with Crippen molar-refractivity contribution in [3.8, 4) is 0 Å². The van der Waals surface area contributed by atoms with Crippen molar-refractivity contribution in [1.82, 2.24) is 24.3 Å². The second-order valence-electron chi connectivity index (χ2n) is 7.65. The molecule has 0 aliphatic carbocycles. The zero-order chi connectivity index (χ0) is 19.5. The number of hydrogen-bond acceptors (Lipinski definition) is 4. The molecule has 0 atom stereocenters. The van der Waals surface area contributed by atoms with Crippen LogP contribution in [0.3, 0.4) is 0 Å². The summed E-state index contributed by atoms with van der Waals surface area (Å²) in [6.45, 7) is 4.14. The van der Waals surface area contributed by atoms with Crippen molar-refractivity contribution in [2.75, 3.05) is 26.2 Å². The van der Waals surface area contributed by atoms with Crippen molar-refractivity contribution in [1.29, 1.82) is 0 Å². The predicted octanol–water partition coefficient (Wildman–Crippen LogP) is 3.69. The van der Waals surface area contributed by atoms with Gasteiger partial charge in [-0.3, -0.25) is 9.80 Å². The van der Waals surface area contributed by atoms with Crippen LogP contribution in [-0.2, 0) is 13.1 Å². The van der Waals surface area contributed by atoms with Crippen LogP contribution in [0, 0.1) is 0 Å². The van der Waals surface area contributed by atoms with Crippen LogP contribution in [0.5, 0.6) is 0 Å². The molecule has 2 saturated heterocycles. The first-order chi connectivity index (χ1) is 13.4. The lowest BCUT2D eigenvalue weighted by molar-refractivity contribution is -0.139. The first-order valence-electron chi connectivity index (χ1n) is 9.33. The third-order valence-electron chi connectivity index (χ3n) is 5.74. The van der Waals surface area contributed by atoms with E-state index in [1.165, 1.54) is 30.4 Å². The van der Waals surface area contributed by atoms with E-state index in [0.717, 1.165) is 25.2 Å². The SMILES string of the molecule is FC(F)(F)Cn1c2ccc(CN3CC(N4CCC4)C3)cc2c2ncnc(Cl)c21. The van der Waals surface area contributed by atoms with Gasteiger partial charge in [-0.15, -0.1) is 0 Å². The maximum Gasteiger partial charge on any atom is 0.406 e. The Kier molecular flexibility index (Phi) is 4.26. The molecule has 0 N–H and O–H groups in total. The minimum Gasteiger partial charge on any atom is -0.327 e. The van der Waals surface area contributed by atoms with Crippen LogP contribution in [-0.4, -0.2) is 62.7 Å². The van der Waals surface area contributed by atoms with Crippen molar-refractivity contribution in [2.24, 2.45) is 0 Å². The first-order valence-corrected chi connectivity index (χ1v) is 9.71. The molecule has 1 aromatic carbocycles. The fourth-order valence-electron chi connectivity index (χ4n) is 4.23. The van der Waals surface area contributed by atoms with Gasteiger partial charge in [0.25, 0.3) is 0 Å². The molecule has 2 aliphatic rings. The van der Waals surface area contributed by atoms with Crippen LogP contribution >= 0.6 is 11.6 Å². The molecule has 9 heteroatoms. The molecule has 0 saturated carbocycles. The zero-order valence-electron chi connectivity index (χ0n) is 15.1. The molecule has 2 aliphatic heterocycles. The van der Waals surface area contributed by atoms with E-state index >= 15 is 0 Å². The third kappa shape index (κ3) is 3.13. The highest BCUT2D eigenvalue weighted by Gasteiger charge is 2.34. The number of benzene rings is 1. The summed E-state index contributed by atoms with van der Waals surface area (Å²) in [5, 5.41) is 0.716. The topological polar surface area (TPSA) is 37.2 Å². The van der Waals surface area contributed by atoms with Gasteiger partial charge in [0.05, 0.1) is 5.52 Å². The van der Waals surface area contributed by atoms with E-state index in [2.05, 4.69) is 19.8 Å². The third-order valence-corrected chi connectivity index (χ3v) is 6.02. The normalized spacial score (nSPS) is 19.3. The van der Waals surface area contributed by atoms with E-state index in [4.69, 9.17) is 11.6 Å². The van der Waals surface area contributed by atoms with Crippen molar-refractivity contribution in [2.45, 2.75) is 31.7 Å². The van der Waals surface area contributed by atoms with Crippen LogP contribution in [0.1, 0.15) is 12.0 Å². The van der Waals surface area contributed by atoms with Crippen LogP contribution in [0.4, 0.5) is 13.2 Å². The maximum atomic E-state index is 13.1.